The van der Waals surface area contributed by atoms with E-state index < -0.39 is 34.3 Å². The van der Waals surface area contributed by atoms with Gasteiger partial charge in [-0.3, -0.25) is 9.59 Å². The molecule has 1 heterocycles. The summed E-state index contributed by atoms with van der Waals surface area (Å²) in [7, 11) is 0. The minimum absolute atomic E-state index is 0.0336. The molecule has 1 aromatic heterocycles. The van der Waals surface area contributed by atoms with E-state index in [4.69, 9.17) is 0 Å². The Morgan fingerprint density at radius 1 is 1.26 bits per heavy atom. The van der Waals surface area contributed by atoms with Gasteiger partial charge >= 0.3 is 0 Å². The number of nitrogens with one attached hydrogen (secondary N) is 1. The Balaban J connectivity index is 3.07. The van der Waals surface area contributed by atoms with Crippen LogP contribution < -0.4 is 5.56 Å². The summed E-state index contributed by atoms with van der Waals surface area (Å²) in [6.45, 7) is 1.17. The number of ketones is 1. The van der Waals surface area contributed by atoms with Crippen molar-refractivity contribution in [3.8, 4) is 0 Å². The molecule has 0 aliphatic carbocycles. The van der Waals surface area contributed by atoms with Crippen molar-refractivity contribution in [2.45, 2.75) is 11.8 Å². The van der Waals surface area contributed by atoms with E-state index in [2.05, 4.69) is 4.98 Å². The molecule has 100 valence electrons. The molecule has 0 aliphatic rings. The lowest BCUT2D eigenvalue weighted by Crippen LogP contribution is -2.18. The van der Waals surface area contributed by atoms with Gasteiger partial charge in [0.05, 0.1) is 11.1 Å². The van der Waals surface area contributed by atoms with E-state index in [-0.39, 0.29) is 15.8 Å². The van der Waals surface area contributed by atoms with Gasteiger partial charge in [0.25, 0.3) is 5.56 Å². The summed E-state index contributed by atoms with van der Waals surface area (Å²) in [5.74, 6) is -5.04. The van der Waals surface area contributed by atoms with E-state index >= 15 is 0 Å². The Bertz CT molecular complexity index is 755. The number of pyridine rings is 1. The van der Waals surface area contributed by atoms with Crippen molar-refractivity contribution in [3.63, 3.8) is 0 Å². The number of thioether (sulfide) groups is 1. The zero-order valence-electron chi connectivity index (χ0n) is 9.94. The smallest absolute Gasteiger partial charge is 0.260 e. The maximum absolute atomic E-state index is 13.6. The molecule has 1 N–H and O–H groups in total. The van der Waals surface area contributed by atoms with Crippen molar-refractivity contribution in [3.05, 3.63) is 39.4 Å². The molecule has 19 heavy (non-hydrogen) atoms. The quantitative estimate of drug-likeness (QED) is 0.525. The molecular formula is C12H8F3NO2S. The molecule has 0 spiro atoms. The van der Waals surface area contributed by atoms with Crippen LogP contribution in [0.3, 0.4) is 0 Å². The van der Waals surface area contributed by atoms with Gasteiger partial charge in [-0.25, -0.2) is 13.2 Å². The number of hydrogen-bond acceptors (Lipinski definition) is 3. The highest BCUT2D eigenvalue weighted by Gasteiger charge is 2.21. The highest BCUT2D eigenvalue weighted by molar-refractivity contribution is 7.99. The van der Waals surface area contributed by atoms with Gasteiger partial charge in [0.2, 0.25) is 0 Å². The molecule has 7 heteroatoms. The Kier molecular flexibility index (Phi) is 3.40. The van der Waals surface area contributed by atoms with E-state index in [0.717, 1.165) is 17.8 Å². The maximum atomic E-state index is 13.6. The SMILES string of the molecule is CSc1c(C(C)=O)c(=O)[nH]c2c(F)c(F)c(F)cc12. The van der Waals surface area contributed by atoms with Crippen molar-refractivity contribution >= 4 is 28.4 Å². The van der Waals surface area contributed by atoms with Crippen LogP contribution in [0.25, 0.3) is 10.9 Å². The van der Waals surface area contributed by atoms with E-state index in [1.807, 2.05) is 0 Å². The number of rotatable bonds is 2. The first-order valence-corrected chi connectivity index (χ1v) is 6.39. The van der Waals surface area contributed by atoms with E-state index in [0.29, 0.717) is 0 Å². The normalized spacial score (nSPS) is 11.0. The van der Waals surface area contributed by atoms with Crippen LogP contribution in [0.1, 0.15) is 17.3 Å². The van der Waals surface area contributed by atoms with Crippen molar-refractivity contribution in [1.82, 2.24) is 4.98 Å². The molecule has 0 atom stereocenters. The molecule has 1 aromatic carbocycles. The number of halogens is 3. The number of carbonyl (C=O) groups is 1. The molecule has 0 amide bonds. The summed E-state index contributed by atoms with van der Waals surface area (Å²) in [6, 6.07) is 0.766. The molecule has 0 bridgehead atoms. The second kappa shape index (κ2) is 4.73. The van der Waals surface area contributed by atoms with Crippen molar-refractivity contribution in [2.75, 3.05) is 6.26 Å². The number of carbonyl (C=O) groups excluding carboxylic acids is 1. The third-order valence-corrected chi connectivity index (χ3v) is 3.49. The average molecular weight is 287 g/mol. The fraction of sp³-hybridized carbons (Fsp3) is 0.167. The van der Waals surface area contributed by atoms with Gasteiger partial charge in [-0.15, -0.1) is 11.8 Å². The first-order chi connectivity index (χ1) is 8.88. The molecule has 0 fully saturated rings. The predicted molar refractivity (Wildman–Crippen MR) is 66.2 cm³/mol. The van der Waals surface area contributed by atoms with Crippen LogP contribution in [0.2, 0.25) is 0 Å². The van der Waals surface area contributed by atoms with Crippen LogP contribution in [-0.4, -0.2) is 17.0 Å². The van der Waals surface area contributed by atoms with Crippen LogP contribution in [0.15, 0.2) is 15.8 Å². The third-order valence-electron chi connectivity index (χ3n) is 2.66. The van der Waals surface area contributed by atoms with Crippen molar-refractivity contribution in [2.24, 2.45) is 0 Å². The van der Waals surface area contributed by atoms with Crippen LogP contribution in [0.4, 0.5) is 13.2 Å². The molecule has 0 unspecified atom stereocenters. The highest BCUT2D eigenvalue weighted by Crippen LogP contribution is 2.30. The van der Waals surface area contributed by atoms with Crippen LogP contribution in [0, 0.1) is 17.5 Å². The minimum Gasteiger partial charge on any atom is -0.319 e. The lowest BCUT2D eigenvalue weighted by molar-refractivity contribution is 0.101. The van der Waals surface area contributed by atoms with Crippen molar-refractivity contribution < 1.29 is 18.0 Å². The number of fused-ring (bicyclic) bond motifs is 1. The Morgan fingerprint density at radius 2 is 1.89 bits per heavy atom. The molecule has 0 saturated carbocycles. The molecule has 3 nitrogen and oxygen atoms in total. The van der Waals surface area contributed by atoms with Gasteiger partial charge in [0.1, 0.15) is 0 Å². The second-order valence-corrected chi connectivity index (χ2v) is 4.64. The monoisotopic (exact) mass is 287 g/mol. The molecule has 2 aromatic rings. The minimum atomic E-state index is -1.66. The lowest BCUT2D eigenvalue weighted by Gasteiger charge is -2.09. The van der Waals surface area contributed by atoms with Gasteiger partial charge < -0.3 is 4.98 Å². The summed E-state index contributed by atoms with van der Waals surface area (Å²) in [4.78, 5) is 25.4. The van der Waals surface area contributed by atoms with E-state index in [1.54, 1.807) is 6.26 Å². The van der Waals surface area contributed by atoms with E-state index in [9.17, 15) is 22.8 Å². The largest absolute Gasteiger partial charge is 0.319 e. The van der Waals surface area contributed by atoms with Gasteiger partial charge in [0.15, 0.2) is 23.2 Å². The topological polar surface area (TPSA) is 49.9 Å². The lowest BCUT2D eigenvalue weighted by atomic mass is 10.1. The third kappa shape index (κ3) is 2.03. The summed E-state index contributed by atoms with van der Waals surface area (Å²) in [5, 5.41) is -0.0336. The highest BCUT2D eigenvalue weighted by atomic mass is 32.2. The first kappa shape index (κ1) is 13.7. The number of benzene rings is 1. The molecular weight excluding hydrogens is 279 g/mol. The number of aromatic nitrogens is 1. The molecule has 0 radical (unpaired) electrons. The molecule has 0 saturated heterocycles. The standard InChI is InChI=1S/C12H8F3NO2S/c1-4(17)7-11(19-2)5-3-6(13)8(14)9(15)10(5)16-12(7)18/h3H,1-2H3,(H,16,18). The van der Waals surface area contributed by atoms with Gasteiger partial charge in [0, 0.05) is 10.3 Å². The van der Waals surface area contributed by atoms with Crippen LogP contribution in [0.5, 0.6) is 0 Å². The number of Topliss-reactive ketones (excluding diaryl/α,β-unsaturated/α-hetero) is 1. The first-order valence-electron chi connectivity index (χ1n) is 5.16. The Hall–Kier alpha value is -1.76. The summed E-state index contributed by atoms with van der Waals surface area (Å²) >= 11 is 0.994. The second-order valence-electron chi connectivity index (χ2n) is 3.83. The van der Waals surface area contributed by atoms with Crippen LogP contribution >= 0.6 is 11.8 Å². The zero-order valence-corrected chi connectivity index (χ0v) is 10.8. The van der Waals surface area contributed by atoms with Gasteiger partial charge in [-0.1, -0.05) is 0 Å². The number of hydrogen-bond donors (Lipinski definition) is 1. The predicted octanol–water partition coefficient (Wildman–Crippen LogP) is 2.87. The molecule has 0 aliphatic heterocycles. The summed E-state index contributed by atoms with van der Waals surface area (Å²) < 4.78 is 40.0. The number of aromatic amines is 1. The van der Waals surface area contributed by atoms with E-state index in [1.165, 1.54) is 6.92 Å². The fourth-order valence-corrected chi connectivity index (χ4v) is 2.66. The van der Waals surface area contributed by atoms with Crippen molar-refractivity contribution in [1.29, 1.82) is 0 Å². The Labute approximate surface area is 109 Å². The van der Waals surface area contributed by atoms with Gasteiger partial charge in [-0.2, -0.15) is 0 Å². The van der Waals surface area contributed by atoms with Crippen LogP contribution in [-0.2, 0) is 0 Å². The zero-order chi connectivity index (χ0) is 14.3. The average Bonchev–Trinajstić information content (AvgIpc) is 2.35. The summed E-state index contributed by atoms with van der Waals surface area (Å²) in [6.07, 6.45) is 1.56. The maximum Gasteiger partial charge on any atom is 0.260 e. The fourth-order valence-electron chi connectivity index (χ4n) is 1.84. The Morgan fingerprint density at radius 3 is 2.42 bits per heavy atom. The number of H-pyrrole nitrogens is 1. The summed E-state index contributed by atoms with van der Waals surface area (Å²) in [5.41, 5.74) is -1.46. The van der Waals surface area contributed by atoms with Gasteiger partial charge in [-0.05, 0) is 19.2 Å². The molecule has 2 rings (SSSR count).